The second-order valence-electron chi connectivity index (χ2n) is 7.68. The quantitative estimate of drug-likeness (QED) is 0.408. The van der Waals surface area contributed by atoms with Gasteiger partial charge in [-0.2, -0.15) is 8.78 Å². The molecule has 1 aliphatic rings. The third kappa shape index (κ3) is 5.79. The van der Waals surface area contributed by atoms with Gasteiger partial charge in [-0.25, -0.2) is 4.39 Å². The Morgan fingerprint density at radius 3 is 2.38 bits per heavy atom. The average Bonchev–Trinajstić information content (AvgIpc) is 2.71. The molecule has 2 aromatic carbocycles. The van der Waals surface area contributed by atoms with Crippen LogP contribution in [0.4, 0.5) is 13.2 Å². The number of ether oxygens (including phenoxy) is 1. The number of allylic oxidation sites excluding steroid dienone is 2. The second kappa shape index (κ2) is 9.71. The molecule has 1 fully saturated rings. The first-order chi connectivity index (χ1) is 13.9. The van der Waals surface area contributed by atoms with Crippen LogP contribution >= 0.6 is 11.6 Å². The molecule has 1 nitrogen and oxygen atoms in total. The summed E-state index contributed by atoms with van der Waals surface area (Å²) in [5.74, 6) is 0.398. The third-order valence-electron chi connectivity index (χ3n) is 5.68. The van der Waals surface area contributed by atoms with Crippen molar-refractivity contribution in [3.05, 3.63) is 76.6 Å². The van der Waals surface area contributed by atoms with Crippen molar-refractivity contribution in [1.82, 2.24) is 0 Å². The van der Waals surface area contributed by atoms with Crippen molar-refractivity contribution < 1.29 is 17.9 Å². The van der Waals surface area contributed by atoms with E-state index in [4.69, 9.17) is 16.3 Å². The van der Waals surface area contributed by atoms with Crippen LogP contribution in [0, 0.1) is 11.7 Å². The Balaban J connectivity index is 1.58. The van der Waals surface area contributed by atoms with E-state index in [0.29, 0.717) is 12.0 Å². The molecule has 0 N–H and O–H groups in total. The van der Waals surface area contributed by atoms with E-state index in [1.54, 1.807) is 12.1 Å². The molecule has 0 spiro atoms. The van der Waals surface area contributed by atoms with Crippen LogP contribution in [0.1, 0.15) is 62.5 Å². The summed E-state index contributed by atoms with van der Waals surface area (Å²) >= 11 is 5.56. The fraction of sp³-hybridized carbons (Fsp3) is 0.417. The van der Waals surface area contributed by atoms with Crippen molar-refractivity contribution in [1.29, 1.82) is 0 Å². The normalized spacial score (nSPS) is 20.2. The summed E-state index contributed by atoms with van der Waals surface area (Å²) < 4.78 is 47.0. The van der Waals surface area contributed by atoms with Gasteiger partial charge in [0.15, 0.2) is 0 Å². The van der Waals surface area contributed by atoms with E-state index >= 15 is 0 Å². The van der Waals surface area contributed by atoms with E-state index in [0.717, 1.165) is 42.9 Å². The molecule has 0 heterocycles. The Labute approximate surface area is 175 Å². The highest BCUT2D eigenvalue weighted by molar-refractivity contribution is 6.30. The van der Waals surface area contributed by atoms with Gasteiger partial charge in [-0.1, -0.05) is 35.9 Å². The molecule has 1 aliphatic carbocycles. The lowest BCUT2D eigenvalue weighted by Gasteiger charge is -2.28. The van der Waals surface area contributed by atoms with Crippen LogP contribution in [0.5, 0.6) is 5.75 Å². The Morgan fingerprint density at radius 2 is 1.76 bits per heavy atom. The molecule has 0 aliphatic heterocycles. The van der Waals surface area contributed by atoms with Crippen molar-refractivity contribution in [3.63, 3.8) is 0 Å². The Bertz CT molecular complexity index is 825. The lowest BCUT2D eigenvalue weighted by molar-refractivity contribution is -0.185. The van der Waals surface area contributed by atoms with Crippen LogP contribution < -0.4 is 4.74 Å². The van der Waals surface area contributed by atoms with Crippen LogP contribution in [0.2, 0.25) is 5.02 Å². The molecule has 0 radical (unpaired) electrons. The molecule has 0 unspecified atom stereocenters. The SMILES string of the molecule is C/C=C/CCC1CCC(c2ccc(OC(F)(F)c3ccc(Cl)c(F)c3)cc2)CC1. The van der Waals surface area contributed by atoms with Crippen LogP contribution in [-0.2, 0) is 6.11 Å². The number of benzene rings is 2. The predicted octanol–water partition coefficient (Wildman–Crippen LogP) is 8.24. The third-order valence-corrected chi connectivity index (χ3v) is 5.98. The number of halogens is 4. The van der Waals surface area contributed by atoms with Crippen molar-refractivity contribution in [3.8, 4) is 5.75 Å². The zero-order valence-electron chi connectivity index (χ0n) is 16.5. The average molecular weight is 423 g/mol. The summed E-state index contributed by atoms with van der Waals surface area (Å²) in [6, 6.07) is 9.71. The van der Waals surface area contributed by atoms with Gasteiger partial charge in [-0.3, -0.25) is 0 Å². The van der Waals surface area contributed by atoms with Gasteiger partial charge in [0.1, 0.15) is 11.6 Å². The van der Waals surface area contributed by atoms with Crippen LogP contribution in [0.25, 0.3) is 0 Å². The second-order valence-corrected chi connectivity index (χ2v) is 8.09. The predicted molar refractivity (Wildman–Crippen MR) is 111 cm³/mol. The van der Waals surface area contributed by atoms with Gasteiger partial charge in [0, 0.05) is 0 Å². The molecule has 0 saturated heterocycles. The van der Waals surface area contributed by atoms with E-state index in [1.807, 2.05) is 19.1 Å². The zero-order valence-corrected chi connectivity index (χ0v) is 17.3. The molecule has 0 amide bonds. The zero-order chi connectivity index (χ0) is 20.9. The van der Waals surface area contributed by atoms with Gasteiger partial charge in [0.2, 0.25) is 0 Å². The summed E-state index contributed by atoms with van der Waals surface area (Å²) in [6.45, 7) is 2.05. The van der Waals surface area contributed by atoms with Gasteiger partial charge in [0.05, 0.1) is 10.6 Å². The number of alkyl halides is 2. The maximum absolute atomic E-state index is 14.3. The number of hydrogen-bond acceptors (Lipinski definition) is 1. The Kier molecular flexibility index (Phi) is 7.28. The molecule has 0 bridgehead atoms. The van der Waals surface area contributed by atoms with Crippen molar-refractivity contribution in [2.45, 2.75) is 57.5 Å². The number of hydrogen-bond donors (Lipinski definition) is 0. The highest BCUT2D eigenvalue weighted by atomic mass is 35.5. The topological polar surface area (TPSA) is 9.23 Å². The molecule has 0 atom stereocenters. The molecule has 2 aromatic rings. The van der Waals surface area contributed by atoms with Gasteiger partial charge in [0.25, 0.3) is 0 Å². The van der Waals surface area contributed by atoms with E-state index in [-0.39, 0.29) is 10.8 Å². The van der Waals surface area contributed by atoms with Crippen LogP contribution in [-0.4, -0.2) is 0 Å². The Morgan fingerprint density at radius 1 is 1.07 bits per heavy atom. The minimum atomic E-state index is -3.64. The summed E-state index contributed by atoms with van der Waals surface area (Å²) in [6.07, 6.45) is 7.73. The van der Waals surface area contributed by atoms with Gasteiger partial charge in [-0.15, -0.1) is 0 Å². The monoisotopic (exact) mass is 422 g/mol. The van der Waals surface area contributed by atoms with E-state index < -0.39 is 17.5 Å². The van der Waals surface area contributed by atoms with Crippen molar-refractivity contribution in [2.75, 3.05) is 0 Å². The minimum absolute atomic E-state index is 0.0501. The summed E-state index contributed by atoms with van der Waals surface area (Å²) in [5, 5.41) is -0.203. The largest absolute Gasteiger partial charge is 0.429 e. The Hall–Kier alpha value is -1.94. The summed E-state index contributed by atoms with van der Waals surface area (Å²) in [4.78, 5) is 0. The maximum atomic E-state index is 14.3. The van der Waals surface area contributed by atoms with Crippen molar-refractivity contribution >= 4 is 11.6 Å². The molecular formula is C24H26ClF3O. The van der Waals surface area contributed by atoms with Crippen LogP contribution in [0.15, 0.2) is 54.6 Å². The fourth-order valence-electron chi connectivity index (χ4n) is 3.98. The standard InChI is InChI=1S/C24H26ClF3O/c1-2-3-4-5-17-6-8-18(9-7-17)19-10-13-21(14-11-19)29-24(27,28)20-12-15-22(25)23(26)16-20/h2-3,10-18H,4-9H2,1H3/b3-2+. The summed E-state index contributed by atoms with van der Waals surface area (Å²) in [5.41, 5.74) is 0.588. The molecule has 1 saturated carbocycles. The smallest absolute Gasteiger partial charge is 0.426 e. The first kappa shape index (κ1) is 21.8. The molecule has 3 rings (SSSR count). The number of rotatable bonds is 7. The van der Waals surface area contributed by atoms with E-state index in [2.05, 4.69) is 12.2 Å². The minimum Gasteiger partial charge on any atom is -0.429 e. The lowest BCUT2D eigenvalue weighted by Crippen LogP contribution is -2.22. The molecule has 156 valence electrons. The van der Waals surface area contributed by atoms with Crippen molar-refractivity contribution in [2.24, 2.45) is 5.92 Å². The highest BCUT2D eigenvalue weighted by Gasteiger charge is 2.35. The first-order valence-corrected chi connectivity index (χ1v) is 10.5. The lowest BCUT2D eigenvalue weighted by atomic mass is 9.77. The highest BCUT2D eigenvalue weighted by Crippen LogP contribution is 2.39. The fourth-order valence-corrected chi connectivity index (χ4v) is 4.09. The molecule has 29 heavy (non-hydrogen) atoms. The van der Waals surface area contributed by atoms with E-state index in [9.17, 15) is 13.2 Å². The maximum Gasteiger partial charge on any atom is 0.426 e. The van der Waals surface area contributed by atoms with Gasteiger partial charge < -0.3 is 4.74 Å². The van der Waals surface area contributed by atoms with Crippen LogP contribution in [0.3, 0.4) is 0 Å². The van der Waals surface area contributed by atoms with Gasteiger partial charge in [-0.05, 0) is 93.2 Å². The molecular weight excluding hydrogens is 397 g/mol. The molecule has 0 aromatic heterocycles. The van der Waals surface area contributed by atoms with Gasteiger partial charge >= 0.3 is 6.11 Å². The first-order valence-electron chi connectivity index (χ1n) is 10.1. The molecule has 5 heteroatoms. The van der Waals surface area contributed by atoms with E-state index in [1.165, 1.54) is 19.3 Å². The summed E-state index contributed by atoms with van der Waals surface area (Å²) in [7, 11) is 0.